The van der Waals surface area contributed by atoms with Crippen molar-refractivity contribution >= 4 is 29.9 Å². The average Bonchev–Trinajstić information content (AvgIpc) is 2.68. The Bertz CT molecular complexity index is 673. The van der Waals surface area contributed by atoms with Crippen LogP contribution in [0.5, 0.6) is 0 Å². The first kappa shape index (κ1) is 23.4. The molecular formula is C22H33IN4. The third-order valence-electron chi connectivity index (χ3n) is 4.44. The zero-order valence-corrected chi connectivity index (χ0v) is 19.1. The smallest absolute Gasteiger partial charge is 0.191 e. The Hall–Kier alpha value is -1.60. The largest absolute Gasteiger partial charge is 0.356 e. The van der Waals surface area contributed by atoms with Crippen molar-refractivity contribution in [3.63, 3.8) is 0 Å². The quantitative estimate of drug-likeness (QED) is 0.246. The van der Waals surface area contributed by atoms with E-state index in [9.17, 15) is 0 Å². The van der Waals surface area contributed by atoms with Gasteiger partial charge < -0.3 is 15.5 Å². The summed E-state index contributed by atoms with van der Waals surface area (Å²) in [6, 6.07) is 19.3. The Morgan fingerprint density at radius 3 is 2.37 bits per heavy atom. The normalized spacial score (nSPS) is 11.2. The molecule has 5 heteroatoms. The summed E-state index contributed by atoms with van der Waals surface area (Å²) < 4.78 is 0. The molecule has 0 saturated heterocycles. The summed E-state index contributed by atoms with van der Waals surface area (Å²) in [6.07, 6.45) is 2.17. The van der Waals surface area contributed by atoms with Gasteiger partial charge in [-0.2, -0.15) is 0 Å². The number of hydrogen-bond donors (Lipinski definition) is 2. The topological polar surface area (TPSA) is 39.7 Å². The highest BCUT2D eigenvalue weighted by Crippen LogP contribution is 2.07. The van der Waals surface area contributed by atoms with Crippen LogP contribution in [0.25, 0.3) is 0 Å². The molecule has 0 amide bonds. The van der Waals surface area contributed by atoms with Gasteiger partial charge in [-0.15, -0.1) is 24.0 Å². The van der Waals surface area contributed by atoms with Crippen LogP contribution in [-0.4, -0.2) is 38.0 Å². The van der Waals surface area contributed by atoms with Gasteiger partial charge in [0.25, 0.3) is 0 Å². The highest BCUT2D eigenvalue weighted by Gasteiger charge is 2.02. The van der Waals surface area contributed by atoms with Gasteiger partial charge in [-0.3, -0.25) is 4.99 Å². The van der Waals surface area contributed by atoms with Crippen LogP contribution in [0.3, 0.4) is 0 Å². The second-order valence-electron chi connectivity index (χ2n) is 6.59. The number of halogens is 1. The van der Waals surface area contributed by atoms with Gasteiger partial charge in [0.05, 0.1) is 0 Å². The number of aryl methyl sites for hydroxylation is 1. The van der Waals surface area contributed by atoms with Crippen molar-refractivity contribution in [3.05, 3.63) is 71.3 Å². The average molecular weight is 480 g/mol. The summed E-state index contributed by atoms with van der Waals surface area (Å²) in [5.74, 6) is 0.856. The molecular weight excluding hydrogens is 447 g/mol. The van der Waals surface area contributed by atoms with Gasteiger partial charge in [-0.05, 0) is 43.1 Å². The molecule has 2 aromatic rings. The van der Waals surface area contributed by atoms with Gasteiger partial charge in [-0.1, -0.05) is 61.5 Å². The van der Waals surface area contributed by atoms with Crippen molar-refractivity contribution in [1.29, 1.82) is 0 Å². The molecule has 0 bridgehead atoms. The molecule has 0 aliphatic heterocycles. The van der Waals surface area contributed by atoms with Crippen LogP contribution in [0.2, 0.25) is 0 Å². The molecule has 0 aliphatic rings. The SMILES string of the molecule is CCN(C)Cc1cccc(CNC(=NC)NCCCc2ccccc2)c1.I. The van der Waals surface area contributed by atoms with Gasteiger partial charge in [-0.25, -0.2) is 0 Å². The lowest BCUT2D eigenvalue weighted by molar-refractivity contribution is 0.345. The van der Waals surface area contributed by atoms with Crippen LogP contribution in [0.1, 0.15) is 30.0 Å². The molecule has 0 aliphatic carbocycles. The minimum absolute atomic E-state index is 0. The molecule has 148 valence electrons. The molecule has 0 radical (unpaired) electrons. The molecule has 2 rings (SSSR count). The molecule has 2 aromatic carbocycles. The van der Waals surface area contributed by atoms with Crippen LogP contribution < -0.4 is 10.6 Å². The minimum Gasteiger partial charge on any atom is -0.356 e. The maximum absolute atomic E-state index is 4.32. The van der Waals surface area contributed by atoms with Crippen LogP contribution in [0.15, 0.2) is 59.6 Å². The van der Waals surface area contributed by atoms with E-state index >= 15 is 0 Å². The number of nitrogens with one attached hydrogen (secondary N) is 2. The fourth-order valence-electron chi connectivity index (χ4n) is 2.81. The standard InChI is InChI=1S/C22H32N4.HI/c1-4-26(3)18-21-13-8-12-20(16-21)17-25-22(23-2)24-15-9-14-19-10-6-5-7-11-19;/h5-8,10-13,16H,4,9,14-15,17-18H2,1-3H3,(H2,23,24,25);1H. The molecule has 0 fully saturated rings. The summed E-state index contributed by atoms with van der Waals surface area (Å²) in [7, 11) is 3.96. The van der Waals surface area contributed by atoms with Crippen LogP contribution in [-0.2, 0) is 19.5 Å². The Morgan fingerprint density at radius 1 is 0.963 bits per heavy atom. The van der Waals surface area contributed by atoms with E-state index in [1.54, 1.807) is 0 Å². The number of benzene rings is 2. The van der Waals surface area contributed by atoms with Crippen molar-refractivity contribution in [1.82, 2.24) is 15.5 Å². The van der Waals surface area contributed by atoms with E-state index in [1.807, 2.05) is 7.05 Å². The summed E-state index contributed by atoms with van der Waals surface area (Å²) >= 11 is 0. The van der Waals surface area contributed by atoms with E-state index in [0.717, 1.165) is 45.0 Å². The van der Waals surface area contributed by atoms with Crippen molar-refractivity contribution in [2.45, 2.75) is 32.9 Å². The van der Waals surface area contributed by atoms with E-state index in [1.165, 1.54) is 16.7 Å². The van der Waals surface area contributed by atoms with Gasteiger partial charge in [0.2, 0.25) is 0 Å². The lowest BCUT2D eigenvalue weighted by atomic mass is 10.1. The van der Waals surface area contributed by atoms with Crippen LogP contribution in [0.4, 0.5) is 0 Å². The summed E-state index contributed by atoms with van der Waals surface area (Å²) in [5, 5.41) is 6.80. The van der Waals surface area contributed by atoms with Crippen molar-refractivity contribution in [3.8, 4) is 0 Å². The predicted molar refractivity (Wildman–Crippen MR) is 127 cm³/mol. The van der Waals surface area contributed by atoms with E-state index < -0.39 is 0 Å². The maximum atomic E-state index is 4.32. The Morgan fingerprint density at radius 2 is 1.67 bits per heavy atom. The molecule has 4 nitrogen and oxygen atoms in total. The molecule has 0 unspecified atom stereocenters. The number of aliphatic imine (C=N–C) groups is 1. The van der Waals surface area contributed by atoms with E-state index in [0.29, 0.717) is 0 Å². The number of guanidine groups is 1. The molecule has 2 N–H and O–H groups in total. The molecule has 0 spiro atoms. The van der Waals surface area contributed by atoms with E-state index in [4.69, 9.17) is 0 Å². The molecule has 0 heterocycles. The zero-order chi connectivity index (χ0) is 18.6. The molecule has 27 heavy (non-hydrogen) atoms. The van der Waals surface area contributed by atoms with E-state index in [-0.39, 0.29) is 24.0 Å². The maximum Gasteiger partial charge on any atom is 0.191 e. The Labute approximate surface area is 181 Å². The number of rotatable bonds is 9. The molecule has 0 aromatic heterocycles. The van der Waals surface area contributed by atoms with Gasteiger partial charge in [0, 0.05) is 26.7 Å². The van der Waals surface area contributed by atoms with Crippen molar-refractivity contribution in [2.24, 2.45) is 4.99 Å². The van der Waals surface area contributed by atoms with Gasteiger partial charge >= 0.3 is 0 Å². The number of hydrogen-bond acceptors (Lipinski definition) is 2. The fourth-order valence-corrected chi connectivity index (χ4v) is 2.81. The highest BCUT2D eigenvalue weighted by atomic mass is 127. The summed E-state index contributed by atoms with van der Waals surface area (Å²) in [4.78, 5) is 6.62. The first-order chi connectivity index (χ1) is 12.7. The van der Waals surface area contributed by atoms with Crippen molar-refractivity contribution in [2.75, 3.05) is 27.2 Å². The Balaban J connectivity index is 0.00000364. The van der Waals surface area contributed by atoms with Crippen molar-refractivity contribution < 1.29 is 0 Å². The third kappa shape index (κ3) is 9.24. The molecule has 0 atom stereocenters. The monoisotopic (exact) mass is 480 g/mol. The van der Waals surface area contributed by atoms with Crippen LogP contribution >= 0.6 is 24.0 Å². The second kappa shape index (κ2) is 13.6. The second-order valence-corrected chi connectivity index (χ2v) is 6.59. The first-order valence-electron chi connectivity index (χ1n) is 9.46. The Kier molecular flexibility index (Phi) is 11.8. The summed E-state index contributed by atoms with van der Waals surface area (Å²) in [5.41, 5.74) is 4.00. The molecule has 0 saturated carbocycles. The van der Waals surface area contributed by atoms with Gasteiger partial charge in [0.1, 0.15) is 0 Å². The fraction of sp³-hybridized carbons (Fsp3) is 0.409. The summed E-state index contributed by atoms with van der Waals surface area (Å²) in [6.45, 7) is 5.91. The lowest BCUT2D eigenvalue weighted by Crippen LogP contribution is -2.37. The zero-order valence-electron chi connectivity index (χ0n) is 16.7. The van der Waals surface area contributed by atoms with E-state index in [2.05, 4.69) is 89.1 Å². The number of nitrogens with zero attached hydrogens (tertiary/aromatic N) is 2. The lowest BCUT2D eigenvalue weighted by Gasteiger charge is -2.15. The van der Waals surface area contributed by atoms with Crippen LogP contribution in [0, 0.1) is 0 Å². The third-order valence-corrected chi connectivity index (χ3v) is 4.44. The first-order valence-corrected chi connectivity index (χ1v) is 9.46. The minimum atomic E-state index is 0. The highest BCUT2D eigenvalue weighted by molar-refractivity contribution is 14.0. The van der Waals surface area contributed by atoms with Gasteiger partial charge in [0.15, 0.2) is 5.96 Å². The predicted octanol–water partition coefficient (Wildman–Crippen LogP) is 4.05.